The molecule has 142 valence electrons. The lowest BCUT2D eigenvalue weighted by Crippen LogP contribution is -2.26. The highest BCUT2D eigenvalue weighted by Gasteiger charge is 2.33. The van der Waals surface area contributed by atoms with Gasteiger partial charge in [-0.25, -0.2) is 4.79 Å². The molecule has 0 saturated heterocycles. The van der Waals surface area contributed by atoms with E-state index in [9.17, 15) is 10.1 Å². The monoisotopic (exact) mass is 394 g/mol. The summed E-state index contributed by atoms with van der Waals surface area (Å²) in [6.07, 6.45) is -0.839. The summed E-state index contributed by atoms with van der Waals surface area (Å²) >= 11 is 6.37. The molecule has 1 N–H and O–H groups in total. The molecule has 0 radical (unpaired) electrons. The van der Waals surface area contributed by atoms with Crippen molar-refractivity contribution in [3.05, 3.63) is 93.5 Å². The van der Waals surface area contributed by atoms with Gasteiger partial charge in [-0.15, -0.1) is 0 Å². The lowest BCUT2D eigenvalue weighted by Gasteiger charge is -2.28. The summed E-state index contributed by atoms with van der Waals surface area (Å²) < 4.78 is 10.8. The molecular weight excluding hydrogens is 376 g/mol. The van der Waals surface area contributed by atoms with Crippen molar-refractivity contribution < 1.29 is 14.3 Å². The van der Waals surface area contributed by atoms with E-state index in [1.165, 1.54) is 0 Å². The highest BCUT2D eigenvalue weighted by molar-refractivity contribution is 6.31. The van der Waals surface area contributed by atoms with Crippen LogP contribution in [0.2, 0.25) is 5.02 Å². The van der Waals surface area contributed by atoms with Gasteiger partial charge in [0.15, 0.2) is 0 Å². The van der Waals surface area contributed by atoms with Crippen LogP contribution in [0.15, 0.2) is 77.3 Å². The average molecular weight is 395 g/mol. The van der Waals surface area contributed by atoms with Gasteiger partial charge >= 0.3 is 6.16 Å². The van der Waals surface area contributed by atoms with E-state index >= 15 is 0 Å². The Labute approximate surface area is 168 Å². The lowest BCUT2D eigenvalue weighted by molar-refractivity contribution is 0.0671. The summed E-state index contributed by atoms with van der Waals surface area (Å²) in [6.45, 7) is 3.67. The van der Waals surface area contributed by atoms with Gasteiger partial charge in [-0.1, -0.05) is 60.1 Å². The number of allylic oxidation sites excluding steroid dienone is 3. The predicted octanol–water partition coefficient (Wildman–Crippen LogP) is 5.41. The first-order valence-corrected chi connectivity index (χ1v) is 9.10. The van der Waals surface area contributed by atoms with E-state index in [1.54, 1.807) is 26.0 Å². The third-order valence-corrected chi connectivity index (χ3v) is 4.77. The van der Waals surface area contributed by atoms with E-state index in [0.29, 0.717) is 33.3 Å². The van der Waals surface area contributed by atoms with E-state index in [4.69, 9.17) is 21.1 Å². The quantitative estimate of drug-likeness (QED) is 0.702. The molecule has 0 saturated carbocycles. The molecule has 6 heteroatoms. The molecule has 1 atom stereocenters. The molecular formula is C22H19ClN2O3. The molecule has 2 aromatic carbocycles. The van der Waals surface area contributed by atoms with E-state index in [1.807, 2.05) is 42.5 Å². The topological polar surface area (TPSA) is 71.3 Å². The Bertz CT molecular complexity index is 990. The van der Waals surface area contributed by atoms with Gasteiger partial charge in [-0.3, -0.25) is 0 Å². The van der Waals surface area contributed by atoms with Gasteiger partial charge in [0, 0.05) is 10.7 Å². The Morgan fingerprint density at radius 2 is 1.79 bits per heavy atom. The first kappa shape index (κ1) is 19.5. The largest absolute Gasteiger partial charge is 0.513 e. The molecule has 0 fully saturated rings. The van der Waals surface area contributed by atoms with Gasteiger partial charge in [-0.05, 0) is 31.0 Å². The minimum atomic E-state index is -0.839. The summed E-state index contributed by atoms with van der Waals surface area (Å²) in [7, 11) is 0. The summed E-state index contributed by atoms with van der Waals surface area (Å²) in [5.74, 6) is -0.294. The van der Waals surface area contributed by atoms with E-state index in [2.05, 4.69) is 11.4 Å². The predicted molar refractivity (Wildman–Crippen MR) is 106 cm³/mol. The van der Waals surface area contributed by atoms with Gasteiger partial charge in [0.2, 0.25) is 0 Å². The lowest BCUT2D eigenvalue weighted by atomic mass is 9.86. The molecule has 0 aromatic heterocycles. The molecule has 5 nitrogen and oxygen atoms in total. The second-order valence-corrected chi connectivity index (χ2v) is 6.75. The minimum Gasteiger partial charge on any atom is -0.429 e. The molecule has 1 aliphatic heterocycles. The number of carbonyl (C=O) groups excluding carboxylic acids is 1. The van der Waals surface area contributed by atoms with Gasteiger partial charge < -0.3 is 14.8 Å². The number of nitrogens with one attached hydrogen (secondary N) is 1. The molecule has 0 aliphatic carbocycles. The van der Waals surface area contributed by atoms with Crippen LogP contribution >= 0.6 is 11.6 Å². The maximum Gasteiger partial charge on any atom is 0.513 e. The van der Waals surface area contributed by atoms with Crippen LogP contribution in [0.3, 0.4) is 0 Å². The summed E-state index contributed by atoms with van der Waals surface area (Å²) in [4.78, 5) is 12.3. The van der Waals surface area contributed by atoms with Crippen molar-refractivity contribution >= 4 is 17.8 Å². The van der Waals surface area contributed by atoms with Gasteiger partial charge in [0.1, 0.15) is 12.4 Å². The van der Waals surface area contributed by atoms with Crippen molar-refractivity contribution in [3.63, 3.8) is 0 Å². The summed E-state index contributed by atoms with van der Waals surface area (Å²) in [5, 5.41) is 13.3. The first-order valence-electron chi connectivity index (χ1n) is 8.73. The number of benzene rings is 2. The fourth-order valence-electron chi connectivity index (χ4n) is 3.10. The van der Waals surface area contributed by atoms with Crippen LogP contribution in [0.25, 0.3) is 0 Å². The van der Waals surface area contributed by atoms with E-state index in [-0.39, 0.29) is 6.61 Å². The van der Waals surface area contributed by atoms with Crippen LogP contribution < -0.4 is 5.32 Å². The normalized spacial score (nSPS) is 16.3. The van der Waals surface area contributed by atoms with E-state index < -0.39 is 12.1 Å². The Balaban J connectivity index is 1.86. The number of nitrogens with zero attached hydrogens (tertiary/aromatic N) is 1. The molecule has 1 unspecified atom stereocenters. The van der Waals surface area contributed by atoms with Crippen LogP contribution in [-0.4, -0.2) is 6.16 Å². The number of ether oxygens (including phenoxy) is 2. The van der Waals surface area contributed by atoms with Crippen molar-refractivity contribution in [1.82, 2.24) is 5.32 Å². The maximum atomic E-state index is 12.3. The smallest absolute Gasteiger partial charge is 0.429 e. The Kier molecular flexibility index (Phi) is 6.03. The Morgan fingerprint density at radius 3 is 2.46 bits per heavy atom. The van der Waals surface area contributed by atoms with Gasteiger partial charge in [-0.2, -0.15) is 5.26 Å². The molecule has 28 heavy (non-hydrogen) atoms. The van der Waals surface area contributed by atoms with Crippen LogP contribution in [-0.2, 0) is 16.1 Å². The zero-order valence-corrected chi connectivity index (χ0v) is 16.3. The number of rotatable bonds is 4. The van der Waals surface area contributed by atoms with Gasteiger partial charge in [0.05, 0.1) is 23.3 Å². The second kappa shape index (κ2) is 8.64. The number of carbonyl (C=O) groups is 1. The Morgan fingerprint density at radius 1 is 1.11 bits per heavy atom. The molecule has 1 aliphatic rings. The fourth-order valence-corrected chi connectivity index (χ4v) is 3.34. The number of nitriles is 1. The van der Waals surface area contributed by atoms with Crippen molar-refractivity contribution in [2.24, 2.45) is 0 Å². The molecule has 0 spiro atoms. The molecule has 3 rings (SSSR count). The number of dihydropyridines is 1. The number of halogens is 1. The standard InChI is InChI=1S/C22H19ClN2O3/c1-14-18(12-24)20(17-10-6-7-11-19(17)23)21(15(2)25-14)28-22(26)27-13-16-8-4-3-5-9-16/h3-11,20,25H,13H2,1-2H3. The van der Waals surface area contributed by atoms with Gasteiger partial charge in [0.25, 0.3) is 0 Å². The SMILES string of the molecule is CC1=C(C#N)C(c2ccccc2Cl)C(OC(=O)OCc2ccccc2)=C(C)N1. The summed E-state index contributed by atoms with van der Waals surface area (Å²) in [5.41, 5.74) is 3.28. The highest BCUT2D eigenvalue weighted by atomic mass is 35.5. The maximum absolute atomic E-state index is 12.3. The summed E-state index contributed by atoms with van der Waals surface area (Å²) in [6, 6.07) is 18.7. The number of hydrogen-bond acceptors (Lipinski definition) is 5. The zero-order chi connectivity index (χ0) is 20.1. The van der Waals surface area contributed by atoms with Crippen LogP contribution in [0.4, 0.5) is 4.79 Å². The van der Waals surface area contributed by atoms with Crippen molar-refractivity contribution in [2.45, 2.75) is 26.4 Å². The Hall–Kier alpha value is -3.23. The molecule has 0 amide bonds. The zero-order valence-electron chi connectivity index (χ0n) is 15.5. The van der Waals surface area contributed by atoms with Crippen LogP contribution in [0, 0.1) is 11.3 Å². The highest BCUT2D eigenvalue weighted by Crippen LogP contribution is 2.40. The second-order valence-electron chi connectivity index (χ2n) is 6.35. The number of hydrogen-bond donors (Lipinski definition) is 1. The molecule has 0 bridgehead atoms. The van der Waals surface area contributed by atoms with Crippen molar-refractivity contribution in [3.8, 4) is 6.07 Å². The van der Waals surface area contributed by atoms with Crippen LogP contribution in [0.5, 0.6) is 0 Å². The third kappa shape index (κ3) is 4.19. The van der Waals surface area contributed by atoms with E-state index in [0.717, 1.165) is 5.56 Å². The van der Waals surface area contributed by atoms with Crippen LogP contribution in [0.1, 0.15) is 30.9 Å². The van der Waals surface area contributed by atoms with Crippen molar-refractivity contribution in [1.29, 1.82) is 5.26 Å². The van der Waals surface area contributed by atoms with Crippen molar-refractivity contribution in [2.75, 3.05) is 0 Å². The molecule has 1 heterocycles. The molecule has 2 aromatic rings. The average Bonchev–Trinajstić information content (AvgIpc) is 2.69. The fraction of sp³-hybridized carbons (Fsp3) is 0.182. The minimum absolute atomic E-state index is 0.0934. The first-order chi connectivity index (χ1) is 13.5. The third-order valence-electron chi connectivity index (χ3n) is 4.43.